The maximum Gasteiger partial charge on any atom is 0.295 e. The Bertz CT molecular complexity index is 1770. The van der Waals surface area contributed by atoms with E-state index in [4.69, 9.17) is 5.73 Å². The fourth-order valence-corrected chi connectivity index (χ4v) is 4.88. The molecule has 2 heterocycles. The van der Waals surface area contributed by atoms with Crippen molar-refractivity contribution in [3.8, 4) is 16.8 Å². The Labute approximate surface area is 211 Å². The number of aromatic nitrogens is 1. The molecule has 0 radical (unpaired) electrons. The number of anilines is 1. The summed E-state index contributed by atoms with van der Waals surface area (Å²) in [6, 6.07) is 22.3. The highest BCUT2D eigenvalue weighted by atomic mass is 32.2. The molecule has 5 rings (SSSR count). The van der Waals surface area contributed by atoms with Crippen molar-refractivity contribution in [1.29, 1.82) is 0 Å². The molecule has 0 fully saturated rings. The minimum atomic E-state index is -4.71. The van der Waals surface area contributed by atoms with Crippen LogP contribution >= 0.6 is 0 Å². The highest BCUT2D eigenvalue weighted by molar-refractivity contribution is 7.86. The SMILES string of the molecule is Nc1c2c(cc(=O)n1-c1ccc(C=Cc3ccc(-c4ccccc4)cc3)c(S(=O)(=O)O)c1)C(=O)NC2=O. The smallest absolute Gasteiger partial charge is 0.295 e. The number of carbonyl (C=O) groups is 2. The van der Waals surface area contributed by atoms with Crippen LogP contribution in [-0.4, -0.2) is 29.4 Å². The zero-order chi connectivity index (χ0) is 26.3. The van der Waals surface area contributed by atoms with Gasteiger partial charge in [0.15, 0.2) is 0 Å². The average molecular weight is 514 g/mol. The van der Waals surface area contributed by atoms with Crippen molar-refractivity contribution in [3.05, 3.63) is 111 Å². The number of nitrogens with one attached hydrogen (secondary N) is 1. The van der Waals surface area contributed by atoms with Crippen molar-refractivity contribution in [2.75, 3.05) is 5.73 Å². The molecular formula is C27H19N3O6S. The number of rotatable bonds is 5. The van der Waals surface area contributed by atoms with Gasteiger partial charge in [-0.3, -0.25) is 28.8 Å². The van der Waals surface area contributed by atoms with Gasteiger partial charge in [-0.15, -0.1) is 0 Å². The predicted molar refractivity (Wildman–Crippen MR) is 139 cm³/mol. The van der Waals surface area contributed by atoms with Crippen molar-refractivity contribution in [2.45, 2.75) is 4.90 Å². The number of amides is 2. The van der Waals surface area contributed by atoms with Gasteiger partial charge in [0.05, 0.1) is 16.8 Å². The van der Waals surface area contributed by atoms with Gasteiger partial charge in [0.1, 0.15) is 10.7 Å². The van der Waals surface area contributed by atoms with Crippen LogP contribution in [0.5, 0.6) is 0 Å². The van der Waals surface area contributed by atoms with Crippen LogP contribution in [0.3, 0.4) is 0 Å². The van der Waals surface area contributed by atoms with Crippen LogP contribution in [0.15, 0.2) is 88.6 Å². The molecule has 37 heavy (non-hydrogen) atoms. The topological polar surface area (TPSA) is 149 Å². The molecule has 0 saturated carbocycles. The lowest BCUT2D eigenvalue weighted by Crippen LogP contribution is -2.24. The van der Waals surface area contributed by atoms with Gasteiger partial charge in [0.25, 0.3) is 27.5 Å². The molecule has 0 bridgehead atoms. The molecule has 4 N–H and O–H groups in total. The molecule has 0 aliphatic carbocycles. The standard InChI is InChI=1S/C27H19N3O6S/c28-25-24-21(26(32)29-27(24)33)15-23(31)30(25)20-13-12-19(22(14-20)37(34,35)36)11-8-16-6-9-18(10-7-16)17-4-2-1-3-5-17/h1-15H,28H2,(H,29,32,33)(H,34,35,36). The van der Waals surface area contributed by atoms with Gasteiger partial charge in [-0.05, 0) is 34.4 Å². The van der Waals surface area contributed by atoms with Gasteiger partial charge in [-0.1, -0.05) is 72.8 Å². The van der Waals surface area contributed by atoms with Crippen molar-refractivity contribution in [1.82, 2.24) is 9.88 Å². The molecule has 0 saturated heterocycles. The number of nitrogens with two attached hydrogens (primary N) is 1. The van der Waals surface area contributed by atoms with Crippen LogP contribution in [0.2, 0.25) is 0 Å². The van der Waals surface area contributed by atoms with Crippen LogP contribution in [0, 0.1) is 0 Å². The van der Waals surface area contributed by atoms with Crippen LogP contribution in [0.4, 0.5) is 5.82 Å². The van der Waals surface area contributed by atoms with E-state index in [0.717, 1.165) is 33.4 Å². The molecule has 0 atom stereocenters. The Kier molecular flexibility index (Phi) is 5.82. The van der Waals surface area contributed by atoms with E-state index in [1.165, 1.54) is 18.2 Å². The second-order valence-electron chi connectivity index (χ2n) is 8.29. The Morgan fingerprint density at radius 1 is 0.811 bits per heavy atom. The molecule has 1 aliphatic rings. The van der Waals surface area contributed by atoms with Gasteiger partial charge in [-0.2, -0.15) is 8.42 Å². The number of nitrogen functional groups attached to an aromatic ring is 1. The summed E-state index contributed by atoms with van der Waals surface area (Å²) in [5.74, 6) is -1.83. The third-order valence-corrected chi connectivity index (χ3v) is 6.87. The minimum absolute atomic E-state index is 0.00515. The first-order chi connectivity index (χ1) is 17.6. The summed E-state index contributed by atoms with van der Waals surface area (Å²) in [5, 5.41) is 2.06. The molecule has 184 valence electrons. The maximum atomic E-state index is 12.7. The number of imide groups is 1. The van der Waals surface area contributed by atoms with E-state index in [1.807, 2.05) is 54.6 Å². The Balaban J connectivity index is 1.53. The Morgan fingerprint density at radius 2 is 1.49 bits per heavy atom. The summed E-state index contributed by atoms with van der Waals surface area (Å²) in [6.45, 7) is 0. The van der Waals surface area contributed by atoms with Gasteiger partial charge < -0.3 is 5.73 Å². The third kappa shape index (κ3) is 4.46. The molecule has 2 amide bonds. The van der Waals surface area contributed by atoms with Gasteiger partial charge in [0, 0.05) is 6.07 Å². The van der Waals surface area contributed by atoms with Crippen LogP contribution in [0.1, 0.15) is 31.8 Å². The highest BCUT2D eigenvalue weighted by Gasteiger charge is 2.32. The minimum Gasteiger partial charge on any atom is -0.384 e. The van der Waals surface area contributed by atoms with Gasteiger partial charge in [-0.25, -0.2) is 0 Å². The predicted octanol–water partition coefficient (Wildman–Crippen LogP) is 3.39. The van der Waals surface area contributed by atoms with Crippen molar-refractivity contribution < 1.29 is 22.6 Å². The summed E-state index contributed by atoms with van der Waals surface area (Å²) < 4.78 is 35.2. The molecule has 0 spiro atoms. The van der Waals surface area contributed by atoms with Crippen molar-refractivity contribution >= 4 is 39.9 Å². The number of benzene rings is 3. The number of hydrogen-bond acceptors (Lipinski definition) is 6. The number of fused-ring (bicyclic) bond motifs is 1. The van der Waals surface area contributed by atoms with E-state index in [9.17, 15) is 27.4 Å². The average Bonchev–Trinajstić information content (AvgIpc) is 3.16. The zero-order valence-electron chi connectivity index (χ0n) is 19.1. The lowest BCUT2D eigenvalue weighted by molar-refractivity contribution is 0.0880. The van der Waals surface area contributed by atoms with Gasteiger partial charge in [0.2, 0.25) is 0 Å². The molecule has 4 aromatic rings. The molecule has 9 nitrogen and oxygen atoms in total. The zero-order valence-corrected chi connectivity index (χ0v) is 19.9. The lowest BCUT2D eigenvalue weighted by atomic mass is 10.0. The summed E-state index contributed by atoms with van der Waals surface area (Å²) in [6.07, 6.45) is 3.20. The first-order valence-corrected chi connectivity index (χ1v) is 12.4. The summed E-state index contributed by atoms with van der Waals surface area (Å²) in [4.78, 5) is 36.2. The Morgan fingerprint density at radius 3 is 2.16 bits per heavy atom. The fourth-order valence-electron chi connectivity index (χ4n) is 4.17. The van der Waals surface area contributed by atoms with Crippen LogP contribution in [0.25, 0.3) is 29.0 Å². The van der Waals surface area contributed by atoms with Gasteiger partial charge >= 0.3 is 0 Å². The number of carbonyl (C=O) groups excluding carboxylic acids is 2. The second-order valence-corrected chi connectivity index (χ2v) is 9.68. The summed E-state index contributed by atoms with van der Waals surface area (Å²) in [7, 11) is -4.71. The fraction of sp³-hybridized carbons (Fsp3) is 0. The molecular weight excluding hydrogens is 494 g/mol. The molecule has 1 aliphatic heterocycles. The number of pyridine rings is 1. The first kappa shape index (κ1) is 23.9. The van der Waals surface area contributed by atoms with E-state index >= 15 is 0 Å². The second kappa shape index (κ2) is 9.01. The lowest BCUT2D eigenvalue weighted by Gasteiger charge is -2.13. The molecule has 1 aromatic heterocycles. The molecule has 10 heteroatoms. The maximum absolute atomic E-state index is 12.7. The summed E-state index contributed by atoms with van der Waals surface area (Å²) >= 11 is 0. The van der Waals surface area contributed by atoms with Crippen molar-refractivity contribution in [2.24, 2.45) is 0 Å². The largest absolute Gasteiger partial charge is 0.384 e. The third-order valence-electron chi connectivity index (χ3n) is 5.96. The monoisotopic (exact) mass is 513 g/mol. The van der Waals surface area contributed by atoms with E-state index in [2.05, 4.69) is 5.32 Å². The highest BCUT2D eigenvalue weighted by Crippen LogP contribution is 2.27. The van der Waals surface area contributed by atoms with E-state index in [0.29, 0.717) is 0 Å². The first-order valence-electron chi connectivity index (χ1n) is 11.0. The number of nitrogens with zero attached hydrogens (tertiary/aromatic N) is 1. The van der Waals surface area contributed by atoms with E-state index in [1.54, 1.807) is 6.08 Å². The normalized spacial score (nSPS) is 13.1. The number of hydrogen-bond donors (Lipinski definition) is 3. The molecule has 3 aromatic carbocycles. The van der Waals surface area contributed by atoms with Crippen LogP contribution in [-0.2, 0) is 10.1 Å². The van der Waals surface area contributed by atoms with E-state index in [-0.39, 0.29) is 28.2 Å². The van der Waals surface area contributed by atoms with Crippen molar-refractivity contribution in [3.63, 3.8) is 0 Å². The summed E-state index contributed by atoms with van der Waals surface area (Å²) in [5.41, 5.74) is 7.98. The van der Waals surface area contributed by atoms with Crippen LogP contribution < -0.4 is 16.6 Å². The quantitative estimate of drug-likeness (QED) is 0.210. The van der Waals surface area contributed by atoms with E-state index < -0.39 is 32.4 Å². The molecule has 0 unspecified atom stereocenters. The Hall–Kier alpha value is -4.80.